The van der Waals surface area contributed by atoms with Gasteiger partial charge in [-0.2, -0.15) is 0 Å². The summed E-state index contributed by atoms with van der Waals surface area (Å²) in [4.78, 5) is 9.53. The molecule has 1 N–H and O–H groups in total. The normalized spacial score (nSPS) is 11.9. The molecule has 0 aliphatic heterocycles. The van der Waals surface area contributed by atoms with E-state index in [1.165, 1.54) is 22.7 Å². The van der Waals surface area contributed by atoms with E-state index in [0.717, 1.165) is 20.4 Å². The number of aromatic nitrogens is 2. The fraction of sp³-hybridized carbons (Fsp3) is 0.0909. The van der Waals surface area contributed by atoms with Gasteiger partial charge < -0.3 is 9.84 Å². The van der Waals surface area contributed by atoms with Gasteiger partial charge in [0.2, 0.25) is 0 Å². The van der Waals surface area contributed by atoms with Crippen molar-refractivity contribution in [2.75, 3.05) is 7.11 Å². The van der Waals surface area contributed by atoms with Crippen LogP contribution in [0.3, 0.4) is 0 Å². The Labute approximate surface area is 169 Å². The fourth-order valence-corrected chi connectivity index (χ4v) is 5.53. The predicted molar refractivity (Wildman–Crippen MR) is 114 cm³/mol. The van der Waals surface area contributed by atoms with E-state index in [1.54, 1.807) is 7.11 Å². The van der Waals surface area contributed by atoms with Crippen LogP contribution in [0.15, 0.2) is 72.8 Å². The lowest BCUT2D eigenvalue weighted by Gasteiger charge is -2.26. The van der Waals surface area contributed by atoms with Gasteiger partial charge in [0, 0.05) is 5.56 Å². The van der Waals surface area contributed by atoms with E-state index >= 15 is 0 Å². The van der Waals surface area contributed by atoms with Crippen LogP contribution in [0.25, 0.3) is 20.4 Å². The Kier molecular flexibility index (Phi) is 4.12. The second-order valence-electron chi connectivity index (χ2n) is 6.38. The highest BCUT2D eigenvalue weighted by atomic mass is 32.1. The van der Waals surface area contributed by atoms with E-state index in [4.69, 9.17) is 14.7 Å². The number of methoxy groups -OCH3 is 1. The maximum absolute atomic E-state index is 12.2. The number of rotatable bonds is 4. The van der Waals surface area contributed by atoms with Crippen LogP contribution in [0.4, 0.5) is 0 Å². The molecular formula is C22H16N2O2S2. The van der Waals surface area contributed by atoms with E-state index in [1.807, 2.05) is 72.8 Å². The van der Waals surface area contributed by atoms with Crippen LogP contribution in [-0.4, -0.2) is 22.2 Å². The topological polar surface area (TPSA) is 55.2 Å². The van der Waals surface area contributed by atoms with E-state index in [-0.39, 0.29) is 0 Å². The molecule has 0 bridgehead atoms. The second-order valence-corrected chi connectivity index (χ2v) is 8.45. The molecule has 138 valence electrons. The van der Waals surface area contributed by atoms with Gasteiger partial charge in [0.05, 0.1) is 27.5 Å². The molecule has 0 radical (unpaired) electrons. The minimum Gasteiger partial charge on any atom is -0.496 e. The van der Waals surface area contributed by atoms with Gasteiger partial charge in [0.25, 0.3) is 0 Å². The third-order valence-corrected chi connectivity index (χ3v) is 6.99. The van der Waals surface area contributed by atoms with Gasteiger partial charge >= 0.3 is 0 Å². The molecule has 0 fully saturated rings. The first kappa shape index (κ1) is 17.3. The van der Waals surface area contributed by atoms with Crippen LogP contribution in [0.5, 0.6) is 5.75 Å². The number of para-hydroxylation sites is 3. The molecule has 0 spiro atoms. The third kappa shape index (κ3) is 2.61. The summed E-state index contributed by atoms with van der Waals surface area (Å²) in [6.07, 6.45) is 0. The molecule has 4 nitrogen and oxygen atoms in total. The van der Waals surface area contributed by atoms with E-state index in [9.17, 15) is 5.11 Å². The van der Waals surface area contributed by atoms with Crippen LogP contribution in [-0.2, 0) is 5.60 Å². The predicted octanol–water partition coefficient (Wildman–Crippen LogP) is 5.20. The van der Waals surface area contributed by atoms with Crippen molar-refractivity contribution in [2.24, 2.45) is 0 Å². The first-order valence-corrected chi connectivity index (χ1v) is 10.4. The number of nitrogens with zero attached hydrogens (tertiary/aromatic N) is 2. The maximum atomic E-state index is 12.2. The smallest absolute Gasteiger partial charge is 0.197 e. The summed E-state index contributed by atoms with van der Waals surface area (Å²) in [5.41, 5.74) is 0.851. The third-order valence-electron chi connectivity index (χ3n) is 4.70. The Morgan fingerprint density at radius 2 is 1.25 bits per heavy atom. The van der Waals surface area contributed by atoms with Gasteiger partial charge in [0.15, 0.2) is 5.60 Å². The highest BCUT2D eigenvalue weighted by molar-refractivity contribution is 7.20. The number of fused-ring (bicyclic) bond motifs is 2. The van der Waals surface area contributed by atoms with Crippen LogP contribution < -0.4 is 4.74 Å². The first-order valence-electron chi connectivity index (χ1n) is 8.78. The van der Waals surface area contributed by atoms with Crippen molar-refractivity contribution < 1.29 is 9.84 Å². The zero-order chi connectivity index (χ0) is 19.1. The summed E-state index contributed by atoms with van der Waals surface area (Å²) < 4.78 is 7.62. The number of hydrogen-bond acceptors (Lipinski definition) is 6. The van der Waals surface area contributed by atoms with Crippen molar-refractivity contribution in [3.63, 3.8) is 0 Å². The molecule has 0 unspecified atom stereocenters. The molecule has 5 rings (SSSR count). The Morgan fingerprint density at radius 1 is 0.750 bits per heavy atom. The van der Waals surface area contributed by atoms with Crippen molar-refractivity contribution in [2.45, 2.75) is 5.60 Å². The molecule has 0 aliphatic rings. The first-order chi connectivity index (χ1) is 13.7. The average Bonchev–Trinajstić information content (AvgIpc) is 3.37. The molecule has 2 heterocycles. The minimum absolute atomic E-state index is 0.581. The average molecular weight is 405 g/mol. The SMILES string of the molecule is COc1ccccc1C(O)(c1nc2ccccc2s1)c1nc2ccccc2s1. The maximum Gasteiger partial charge on any atom is 0.197 e. The largest absolute Gasteiger partial charge is 0.496 e. The Bertz CT molecular complexity index is 1150. The van der Waals surface area contributed by atoms with Crippen LogP contribution in [0.2, 0.25) is 0 Å². The summed E-state index contributed by atoms with van der Waals surface area (Å²) in [7, 11) is 1.61. The number of ether oxygens (including phenoxy) is 1. The van der Waals surface area contributed by atoms with E-state index < -0.39 is 5.60 Å². The molecule has 0 saturated heterocycles. The minimum atomic E-state index is -1.50. The summed E-state index contributed by atoms with van der Waals surface area (Å²) in [5.74, 6) is 0.600. The van der Waals surface area contributed by atoms with Gasteiger partial charge in [-0.05, 0) is 30.3 Å². The lowest BCUT2D eigenvalue weighted by atomic mass is 9.94. The Balaban J connectivity index is 1.83. The number of hydrogen-bond donors (Lipinski definition) is 1. The summed E-state index contributed by atoms with van der Waals surface area (Å²) in [5, 5.41) is 13.3. The van der Waals surface area contributed by atoms with Gasteiger partial charge in [0.1, 0.15) is 15.8 Å². The van der Waals surface area contributed by atoms with Crippen molar-refractivity contribution in [1.82, 2.24) is 9.97 Å². The molecular weight excluding hydrogens is 388 g/mol. The summed E-state index contributed by atoms with van der Waals surface area (Å²) in [6.45, 7) is 0. The molecule has 0 atom stereocenters. The molecule has 2 aromatic heterocycles. The Hall–Kier alpha value is -2.80. The molecule has 5 aromatic rings. The lowest BCUT2D eigenvalue weighted by Crippen LogP contribution is -2.29. The van der Waals surface area contributed by atoms with E-state index in [2.05, 4.69) is 0 Å². The molecule has 0 saturated carbocycles. The number of thiazole rings is 2. The molecule has 3 aromatic carbocycles. The van der Waals surface area contributed by atoms with Crippen molar-refractivity contribution in [1.29, 1.82) is 0 Å². The summed E-state index contributed by atoms with van der Waals surface area (Å²) >= 11 is 2.95. The molecule has 28 heavy (non-hydrogen) atoms. The van der Waals surface area contributed by atoms with Gasteiger partial charge in [-0.3, -0.25) is 0 Å². The molecule has 0 amide bonds. The van der Waals surface area contributed by atoms with Gasteiger partial charge in [-0.15, -0.1) is 22.7 Å². The standard InChI is InChI=1S/C22H16N2O2S2/c1-26-17-11-5-2-8-14(17)22(25,20-23-15-9-3-6-12-18(15)27-20)21-24-16-10-4-7-13-19(16)28-21/h2-13,25H,1H3. The quantitative estimate of drug-likeness (QED) is 0.447. The van der Waals surface area contributed by atoms with Crippen molar-refractivity contribution in [3.8, 4) is 5.75 Å². The zero-order valence-corrected chi connectivity index (χ0v) is 16.6. The van der Waals surface area contributed by atoms with Crippen molar-refractivity contribution in [3.05, 3.63) is 88.4 Å². The van der Waals surface area contributed by atoms with Gasteiger partial charge in [-0.1, -0.05) is 42.5 Å². The van der Waals surface area contributed by atoms with Crippen molar-refractivity contribution >= 4 is 43.1 Å². The second kappa shape index (κ2) is 6.67. The zero-order valence-electron chi connectivity index (χ0n) is 15.0. The Morgan fingerprint density at radius 3 is 1.79 bits per heavy atom. The highest BCUT2D eigenvalue weighted by Gasteiger charge is 2.42. The number of benzene rings is 3. The van der Waals surface area contributed by atoms with Crippen LogP contribution >= 0.6 is 22.7 Å². The van der Waals surface area contributed by atoms with Crippen LogP contribution in [0.1, 0.15) is 15.6 Å². The van der Waals surface area contributed by atoms with Crippen LogP contribution in [0, 0.1) is 0 Å². The molecule has 0 aliphatic carbocycles. The van der Waals surface area contributed by atoms with E-state index in [0.29, 0.717) is 21.3 Å². The monoisotopic (exact) mass is 404 g/mol. The number of aliphatic hydroxyl groups is 1. The highest BCUT2D eigenvalue weighted by Crippen LogP contribution is 2.45. The van der Waals surface area contributed by atoms with Gasteiger partial charge in [-0.25, -0.2) is 9.97 Å². The summed E-state index contributed by atoms with van der Waals surface area (Å²) in [6, 6.07) is 23.3. The fourth-order valence-electron chi connectivity index (χ4n) is 3.32. The lowest BCUT2D eigenvalue weighted by molar-refractivity contribution is 0.122. The molecule has 6 heteroatoms.